The van der Waals surface area contributed by atoms with Gasteiger partial charge in [-0.3, -0.25) is 4.79 Å². The van der Waals surface area contributed by atoms with Gasteiger partial charge in [0.15, 0.2) is 0 Å². The van der Waals surface area contributed by atoms with Gasteiger partial charge >= 0.3 is 0 Å². The van der Waals surface area contributed by atoms with E-state index in [2.05, 4.69) is 17.5 Å². The van der Waals surface area contributed by atoms with Crippen molar-refractivity contribution in [3.05, 3.63) is 65.7 Å². The number of hydrogen-bond acceptors (Lipinski definition) is 3. The standard InChI is InChI=1S/C19H22N2O2/c1-3-8-18(15-9-6-5-7-10-15)20-21-19(22)16-11-13-17(14-12-16)23-4-2/h5-7,9-14H,3-4,8H2,1-2H3,(H,21,22)/b20-18+. The van der Waals surface area contributed by atoms with Crippen molar-refractivity contribution in [3.8, 4) is 5.75 Å². The maximum Gasteiger partial charge on any atom is 0.271 e. The van der Waals surface area contributed by atoms with Gasteiger partial charge in [-0.05, 0) is 43.2 Å². The molecule has 0 saturated carbocycles. The molecule has 1 amide bonds. The molecule has 0 bridgehead atoms. The van der Waals surface area contributed by atoms with E-state index in [9.17, 15) is 4.79 Å². The molecule has 0 spiro atoms. The summed E-state index contributed by atoms with van der Waals surface area (Å²) in [6, 6.07) is 16.9. The Morgan fingerprint density at radius 2 is 1.70 bits per heavy atom. The predicted octanol–water partition coefficient (Wildman–Crippen LogP) is 4.02. The van der Waals surface area contributed by atoms with Gasteiger partial charge in [-0.25, -0.2) is 5.43 Å². The molecular formula is C19H22N2O2. The fraction of sp³-hybridized carbons (Fsp3) is 0.263. The van der Waals surface area contributed by atoms with Crippen molar-refractivity contribution < 1.29 is 9.53 Å². The maximum atomic E-state index is 12.2. The Morgan fingerprint density at radius 1 is 1.00 bits per heavy atom. The Balaban J connectivity index is 2.08. The summed E-state index contributed by atoms with van der Waals surface area (Å²) < 4.78 is 5.37. The van der Waals surface area contributed by atoms with Gasteiger partial charge in [-0.1, -0.05) is 43.7 Å². The number of benzene rings is 2. The van der Waals surface area contributed by atoms with Gasteiger partial charge in [0.2, 0.25) is 0 Å². The molecule has 0 aromatic heterocycles. The van der Waals surface area contributed by atoms with E-state index >= 15 is 0 Å². The number of rotatable bonds is 7. The van der Waals surface area contributed by atoms with Crippen LogP contribution in [0, 0.1) is 0 Å². The van der Waals surface area contributed by atoms with E-state index in [4.69, 9.17) is 4.74 Å². The van der Waals surface area contributed by atoms with Crippen LogP contribution in [0.5, 0.6) is 5.75 Å². The second kappa shape index (κ2) is 8.73. The zero-order valence-corrected chi connectivity index (χ0v) is 13.6. The van der Waals surface area contributed by atoms with Crippen molar-refractivity contribution in [2.24, 2.45) is 5.10 Å². The molecule has 0 radical (unpaired) electrons. The molecule has 2 aromatic carbocycles. The highest BCUT2D eigenvalue weighted by molar-refractivity contribution is 6.02. The highest BCUT2D eigenvalue weighted by atomic mass is 16.5. The Kier molecular flexibility index (Phi) is 6.36. The highest BCUT2D eigenvalue weighted by Gasteiger charge is 2.07. The Labute approximate surface area is 137 Å². The van der Waals surface area contributed by atoms with Crippen LogP contribution in [0.1, 0.15) is 42.6 Å². The largest absolute Gasteiger partial charge is 0.494 e. The summed E-state index contributed by atoms with van der Waals surface area (Å²) in [5.74, 6) is 0.529. The summed E-state index contributed by atoms with van der Waals surface area (Å²) in [6.45, 7) is 4.62. The van der Waals surface area contributed by atoms with Gasteiger partial charge in [-0.2, -0.15) is 5.10 Å². The second-order valence-corrected chi connectivity index (χ2v) is 5.07. The van der Waals surface area contributed by atoms with Crippen LogP contribution in [0.4, 0.5) is 0 Å². The van der Waals surface area contributed by atoms with Crippen molar-refractivity contribution in [2.75, 3.05) is 6.61 Å². The van der Waals surface area contributed by atoms with E-state index < -0.39 is 0 Å². The van der Waals surface area contributed by atoms with Gasteiger partial charge in [0.25, 0.3) is 5.91 Å². The number of nitrogens with zero attached hydrogens (tertiary/aromatic N) is 1. The summed E-state index contributed by atoms with van der Waals surface area (Å²) >= 11 is 0. The van der Waals surface area contributed by atoms with E-state index in [-0.39, 0.29) is 5.91 Å². The number of ether oxygens (including phenoxy) is 1. The molecule has 23 heavy (non-hydrogen) atoms. The first kappa shape index (κ1) is 16.7. The third kappa shape index (κ3) is 4.95. The van der Waals surface area contributed by atoms with Crippen molar-refractivity contribution >= 4 is 11.6 Å². The molecule has 4 heteroatoms. The normalized spacial score (nSPS) is 11.1. The lowest BCUT2D eigenvalue weighted by Gasteiger charge is -2.07. The second-order valence-electron chi connectivity index (χ2n) is 5.07. The van der Waals surface area contributed by atoms with Crippen LogP contribution in [0.15, 0.2) is 59.7 Å². The number of carbonyl (C=O) groups is 1. The van der Waals surface area contributed by atoms with E-state index in [1.807, 2.05) is 37.3 Å². The molecule has 1 N–H and O–H groups in total. The lowest BCUT2D eigenvalue weighted by Crippen LogP contribution is -2.20. The minimum Gasteiger partial charge on any atom is -0.494 e. The highest BCUT2D eigenvalue weighted by Crippen LogP contribution is 2.12. The third-order valence-electron chi connectivity index (χ3n) is 3.31. The minimum absolute atomic E-state index is 0.224. The van der Waals surface area contributed by atoms with Crippen molar-refractivity contribution in [1.82, 2.24) is 5.43 Å². The summed E-state index contributed by atoms with van der Waals surface area (Å²) in [5.41, 5.74) is 5.11. The zero-order chi connectivity index (χ0) is 16.5. The van der Waals surface area contributed by atoms with Crippen molar-refractivity contribution in [2.45, 2.75) is 26.7 Å². The summed E-state index contributed by atoms with van der Waals surface area (Å²) in [6.07, 6.45) is 1.78. The van der Waals surface area contributed by atoms with Gasteiger partial charge in [0.1, 0.15) is 5.75 Å². The third-order valence-corrected chi connectivity index (χ3v) is 3.31. The predicted molar refractivity (Wildman–Crippen MR) is 93.0 cm³/mol. The topological polar surface area (TPSA) is 50.7 Å². The van der Waals surface area contributed by atoms with Crippen LogP contribution < -0.4 is 10.2 Å². The van der Waals surface area contributed by atoms with Crippen LogP contribution in [-0.4, -0.2) is 18.2 Å². The number of carbonyl (C=O) groups excluding carboxylic acids is 1. The molecule has 0 unspecified atom stereocenters. The molecule has 0 saturated heterocycles. The van der Waals surface area contributed by atoms with Gasteiger partial charge in [0.05, 0.1) is 12.3 Å². The summed E-state index contributed by atoms with van der Waals surface area (Å²) in [5, 5.41) is 4.30. The van der Waals surface area contributed by atoms with Gasteiger partial charge < -0.3 is 4.74 Å². The SMILES string of the molecule is CCC/C(=N\NC(=O)c1ccc(OCC)cc1)c1ccccc1. The summed E-state index contributed by atoms with van der Waals surface area (Å²) in [7, 11) is 0. The molecule has 120 valence electrons. The van der Waals surface area contributed by atoms with Crippen LogP contribution >= 0.6 is 0 Å². The van der Waals surface area contributed by atoms with Crippen LogP contribution in [-0.2, 0) is 0 Å². The number of hydrazone groups is 1. The fourth-order valence-electron chi connectivity index (χ4n) is 2.18. The first-order chi connectivity index (χ1) is 11.2. The Hall–Kier alpha value is -2.62. The molecule has 0 atom stereocenters. The molecule has 0 aliphatic heterocycles. The number of hydrogen-bond donors (Lipinski definition) is 1. The van der Waals surface area contributed by atoms with Crippen molar-refractivity contribution in [3.63, 3.8) is 0 Å². The van der Waals surface area contributed by atoms with Crippen LogP contribution in [0.2, 0.25) is 0 Å². The van der Waals surface area contributed by atoms with Crippen LogP contribution in [0.25, 0.3) is 0 Å². The fourth-order valence-corrected chi connectivity index (χ4v) is 2.18. The molecule has 2 aromatic rings. The first-order valence-corrected chi connectivity index (χ1v) is 7.89. The first-order valence-electron chi connectivity index (χ1n) is 7.89. The lowest BCUT2D eigenvalue weighted by atomic mass is 10.1. The lowest BCUT2D eigenvalue weighted by molar-refractivity contribution is 0.0954. The molecule has 0 aliphatic rings. The van der Waals surface area contributed by atoms with Gasteiger partial charge in [-0.15, -0.1) is 0 Å². The Morgan fingerprint density at radius 3 is 2.30 bits per heavy atom. The van der Waals surface area contributed by atoms with E-state index in [1.54, 1.807) is 24.3 Å². The molecular weight excluding hydrogens is 288 g/mol. The molecule has 0 aliphatic carbocycles. The molecule has 2 rings (SSSR count). The number of nitrogens with one attached hydrogen (secondary N) is 1. The average molecular weight is 310 g/mol. The average Bonchev–Trinajstić information content (AvgIpc) is 2.60. The molecule has 0 heterocycles. The summed E-state index contributed by atoms with van der Waals surface area (Å²) in [4.78, 5) is 12.2. The number of amides is 1. The monoisotopic (exact) mass is 310 g/mol. The quantitative estimate of drug-likeness (QED) is 0.620. The van der Waals surface area contributed by atoms with Crippen LogP contribution in [0.3, 0.4) is 0 Å². The minimum atomic E-state index is -0.224. The Bertz CT molecular complexity index is 649. The van der Waals surface area contributed by atoms with E-state index in [0.29, 0.717) is 12.2 Å². The van der Waals surface area contributed by atoms with E-state index in [0.717, 1.165) is 29.9 Å². The molecule has 0 fully saturated rings. The van der Waals surface area contributed by atoms with E-state index in [1.165, 1.54) is 0 Å². The molecule has 4 nitrogen and oxygen atoms in total. The zero-order valence-electron chi connectivity index (χ0n) is 13.6. The van der Waals surface area contributed by atoms with Crippen molar-refractivity contribution in [1.29, 1.82) is 0 Å². The smallest absolute Gasteiger partial charge is 0.271 e. The van der Waals surface area contributed by atoms with Gasteiger partial charge in [0, 0.05) is 5.56 Å². The maximum absolute atomic E-state index is 12.2.